The molecule has 6 nitrogen and oxygen atoms in total. The molecule has 6 heteroatoms. The highest BCUT2D eigenvalue weighted by atomic mass is 16.5. The number of nitrogens with one attached hydrogen (secondary N) is 2. The van der Waals surface area contributed by atoms with E-state index in [4.69, 9.17) is 9.47 Å². The minimum Gasteiger partial charge on any atom is -0.496 e. The predicted molar refractivity (Wildman–Crippen MR) is 122 cm³/mol. The van der Waals surface area contributed by atoms with E-state index in [0.717, 1.165) is 48.2 Å². The van der Waals surface area contributed by atoms with E-state index in [1.54, 1.807) is 7.11 Å². The predicted octanol–water partition coefficient (Wildman–Crippen LogP) is 4.58. The quantitative estimate of drug-likeness (QED) is 0.587. The zero-order chi connectivity index (χ0) is 21.5. The van der Waals surface area contributed by atoms with Crippen molar-refractivity contribution in [1.29, 1.82) is 0 Å². The fourth-order valence-corrected chi connectivity index (χ4v) is 4.16. The van der Waals surface area contributed by atoms with Gasteiger partial charge in [-0.1, -0.05) is 30.3 Å². The van der Waals surface area contributed by atoms with Gasteiger partial charge in [-0.05, 0) is 68.5 Å². The largest absolute Gasteiger partial charge is 0.496 e. The Morgan fingerprint density at radius 3 is 2.71 bits per heavy atom. The molecule has 4 rings (SSSR count). The zero-order valence-electron chi connectivity index (χ0n) is 18.3. The van der Waals surface area contributed by atoms with Gasteiger partial charge < -0.3 is 20.1 Å². The number of nitrogens with zero attached hydrogens (tertiary/aromatic N) is 1. The van der Waals surface area contributed by atoms with Crippen molar-refractivity contribution in [2.24, 2.45) is 5.92 Å². The van der Waals surface area contributed by atoms with E-state index in [2.05, 4.69) is 21.6 Å². The lowest BCUT2D eigenvalue weighted by atomic mass is 10.0. The lowest BCUT2D eigenvalue weighted by Gasteiger charge is -2.29. The van der Waals surface area contributed by atoms with Crippen LogP contribution in [0, 0.1) is 5.92 Å². The molecule has 1 aliphatic carbocycles. The third-order valence-electron chi connectivity index (χ3n) is 6.04. The fraction of sp³-hybridized carbons (Fsp3) is 0.480. The molecule has 1 atom stereocenters. The summed E-state index contributed by atoms with van der Waals surface area (Å²) in [6, 6.07) is 15.8. The molecule has 0 aromatic heterocycles. The molecule has 1 heterocycles. The highest BCUT2D eigenvalue weighted by Crippen LogP contribution is 2.31. The van der Waals surface area contributed by atoms with Crippen molar-refractivity contribution < 1.29 is 14.3 Å². The van der Waals surface area contributed by atoms with Crippen molar-refractivity contribution in [1.82, 2.24) is 10.2 Å². The molecule has 2 aliphatic rings. The number of carbonyl (C=O) groups excluding carboxylic acids is 1. The summed E-state index contributed by atoms with van der Waals surface area (Å²) in [6.07, 6.45) is 4.95. The van der Waals surface area contributed by atoms with E-state index in [1.165, 1.54) is 25.7 Å². The van der Waals surface area contributed by atoms with E-state index >= 15 is 0 Å². The van der Waals surface area contributed by atoms with Crippen LogP contribution in [0.4, 0.5) is 10.5 Å². The Bertz CT molecular complexity index is 863. The number of hydrogen-bond donors (Lipinski definition) is 2. The Kier molecular flexibility index (Phi) is 7.43. The summed E-state index contributed by atoms with van der Waals surface area (Å²) < 4.78 is 11.4. The van der Waals surface area contributed by atoms with Crippen LogP contribution in [0.3, 0.4) is 0 Å². The number of benzene rings is 2. The van der Waals surface area contributed by atoms with Crippen LogP contribution in [-0.2, 0) is 11.3 Å². The summed E-state index contributed by atoms with van der Waals surface area (Å²) in [7, 11) is 1.70. The van der Waals surface area contributed by atoms with Crippen LogP contribution in [0.2, 0.25) is 0 Å². The maximum Gasteiger partial charge on any atom is 0.319 e. The minimum atomic E-state index is -0.199. The minimum absolute atomic E-state index is 0.0894. The molecule has 2 aromatic carbocycles. The van der Waals surface area contributed by atoms with Crippen LogP contribution < -0.4 is 15.4 Å². The molecular weight excluding hydrogens is 390 g/mol. The number of methoxy groups -OCH3 is 1. The topological polar surface area (TPSA) is 62.8 Å². The Morgan fingerprint density at radius 2 is 1.94 bits per heavy atom. The standard InChI is InChI=1S/C25H33N3O3/c1-30-24-10-3-2-9-22(24)23(28-13-4-5-14-28)16-26-25(29)27-21-8-6-7-20(15-21)18-31-17-19-11-12-19/h2-3,6-10,15,19,23H,4-5,11-14,16-18H2,1H3,(H2,26,27,29). The van der Waals surface area contributed by atoms with Crippen molar-refractivity contribution in [2.75, 3.05) is 38.7 Å². The van der Waals surface area contributed by atoms with Gasteiger partial charge in [0.25, 0.3) is 0 Å². The van der Waals surface area contributed by atoms with Gasteiger partial charge in [0.2, 0.25) is 0 Å². The van der Waals surface area contributed by atoms with Crippen molar-refractivity contribution in [3.63, 3.8) is 0 Å². The molecule has 2 N–H and O–H groups in total. The first-order valence-corrected chi connectivity index (χ1v) is 11.3. The van der Waals surface area contributed by atoms with Crippen LogP contribution in [0.5, 0.6) is 5.75 Å². The van der Waals surface area contributed by atoms with Crippen LogP contribution in [0.1, 0.15) is 42.9 Å². The second-order valence-corrected chi connectivity index (χ2v) is 8.49. The average Bonchev–Trinajstić information content (AvgIpc) is 3.45. The molecule has 0 bridgehead atoms. The third kappa shape index (κ3) is 6.21. The molecule has 31 heavy (non-hydrogen) atoms. The van der Waals surface area contributed by atoms with Gasteiger partial charge in [-0.2, -0.15) is 0 Å². The lowest BCUT2D eigenvalue weighted by Crippen LogP contribution is -2.38. The first-order chi connectivity index (χ1) is 15.2. The number of amides is 2. The number of likely N-dealkylation sites (tertiary alicyclic amines) is 1. The molecular formula is C25H33N3O3. The number of hydrogen-bond acceptors (Lipinski definition) is 4. The van der Waals surface area contributed by atoms with Gasteiger partial charge in [-0.25, -0.2) is 4.79 Å². The summed E-state index contributed by atoms with van der Waals surface area (Å²) in [5.74, 6) is 1.61. The first-order valence-electron chi connectivity index (χ1n) is 11.3. The van der Waals surface area contributed by atoms with Gasteiger partial charge in [0.15, 0.2) is 0 Å². The second kappa shape index (κ2) is 10.6. The fourth-order valence-electron chi connectivity index (χ4n) is 4.16. The SMILES string of the molecule is COc1ccccc1C(CNC(=O)Nc1cccc(COCC2CC2)c1)N1CCCC1. The molecule has 1 unspecified atom stereocenters. The van der Waals surface area contributed by atoms with Crippen molar-refractivity contribution in [3.8, 4) is 5.75 Å². The number of para-hydroxylation sites is 1. The molecule has 166 valence electrons. The Labute approximate surface area is 184 Å². The normalized spacial score (nSPS) is 17.3. The number of anilines is 1. The van der Waals surface area contributed by atoms with Gasteiger partial charge in [0.1, 0.15) is 5.75 Å². The molecule has 2 aromatic rings. The summed E-state index contributed by atoms with van der Waals surface area (Å²) in [5.41, 5.74) is 2.96. The molecule has 1 saturated carbocycles. The molecule has 0 radical (unpaired) electrons. The summed E-state index contributed by atoms with van der Waals surface area (Å²) >= 11 is 0. The van der Waals surface area contributed by atoms with Crippen molar-refractivity contribution >= 4 is 11.7 Å². The van der Waals surface area contributed by atoms with Gasteiger partial charge in [-0.3, -0.25) is 4.90 Å². The van der Waals surface area contributed by atoms with Crippen LogP contribution in [0.25, 0.3) is 0 Å². The number of rotatable bonds is 10. The maximum atomic E-state index is 12.6. The number of ether oxygens (including phenoxy) is 2. The molecule has 1 aliphatic heterocycles. The van der Waals surface area contributed by atoms with Crippen LogP contribution >= 0.6 is 0 Å². The second-order valence-electron chi connectivity index (χ2n) is 8.49. The van der Waals surface area contributed by atoms with Crippen molar-refractivity contribution in [3.05, 3.63) is 59.7 Å². The van der Waals surface area contributed by atoms with Gasteiger partial charge in [0, 0.05) is 24.4 Å². The molecule has 0 spiro atoms. The van der Waals surface area contributed by atoms with Crippen LogP contribution in [-0.4, -0.2) is 44.3 Å². The first kappa shape index (κ1) is 21.7. The summed E-state index contributed by atoms with van der Waals surface area (Å²) in [6.45, 7) is 4.01. The summed E-state index contributed by atoms with van der Waals surface area (Å²) in [4.78, 5) is 15.1. The van der Waals surface area contributed by atoms with Gasteiger partial charge in [0.05, 0.1) is 19.8 Å². The molecule has 2 fully saturated rings. The highest BCUT2D eigenvalue weighted by Gasteiger charge is 2.26. The summed E-state index contributed by atoms with van der Waals surface area (Å²) in [5, 5.41) is 6.03. The lowest BCUT2D eigenvalue weighted by molar-refractivity contribution is 0.111. The van der Waals surface area contributed by atoms with E-state index in [0.29, 0.717) is 13.2 Å². The van der Waals surface area contributed by atoms with E-state index in [9.17, 15) is 4.79 Å². The van der Waals surface area contributed by atoms with Crippen molar-refractivity contribution in [2.45, 2.75) is 38.3 Å². The smallest absolute Gasteiger partial charge is 0.319 e. The Morgan fingerprint density at radius 1 is 1.13 bits per heavy atom. The van der Waals surface area contributed by atoms with Gasteiger partial charge >= 0.3 is 6.03 Å². The Balaban J connectivity index is 1.34. The number of urea groups is 1. The molecule has 1 saturated heterocycles. The van der Waals surface area contributed by atoms with E-state index in [-0.39, 0.29) is 12.1 Å². The Hall–Kier alpha value is -2.57. The monoisotopic (exact) mass is 423 g/mol. The molecule has 2 amide bonds. The van der Waals surface area contributed by atoms with E-state index < -0.39 is 0 Å². The average molecular weight is 424 g/mol. The number of carbonyl (C=O) groups is 1. The maximum absolute atomic E-state index is 12.6. The zero-order valence-corrected chi connectivity index (χ0v) is 18.3. The van der Waals surface area contributed by atoms with E-state index in [1.807, 2.05) is 42.5 Å². The third-order valence-corrected chi connectivity index (χ3v) is 6.04. The van der Waals surface area contributed by atoms with Gasteiger partial charge in [-0.15, -0.1) is 0 Å². The highest BCUT2D eigenvalue weighted by molar-refractivity contribution is 5.89. The van der Waals surface area contributed by atoms with Crippen LogP contribution in [0.15, 0.2) is 48.5 Å².